The molecule has 6 heteroatoms. The molecule has 0 aromatic heterocycles. The molecule has 0 N–H and O–H groups in total. The first kappa shape index (κ1) is 14.6. The number of hydrogen-bond acceptors (Lipinski definition) is 5. The zero-order valence-corrected chi connectivity index (χ0v) is 10.8. The van der Waals surface area contributed by atoms with E-state index in [0.717, 1.165) is 0 Å². The van der Waals surface area contributed by atoms with Gasteiger partial charge < -0.3 is 13.8 Å². The number of hydrogen-bond donors (Lipinski definition) is 0. The van der Waals surface area contributed by atoms with Crippen LogP contribution in [0.4, 0.5) is 0 Å². The molecule has 0 saturated carbocycles. The van der Waals surface area contributed by atoms with Crippen LogP contribution in [-0.4, -0.2) is 32.0 Å². The molecule has 0 fully saturated rings. The molecule has 0 aliphatic carbocycles. The molecule has 0 spiro atoms. The molecule has 15 heavy (non-hydrogen) atoms. The largest absolute Gasteiger partial charge is 0.460 e. The molecule has 0 saturated heterocycles. The Bertz CT molecular complexity index is 248. The van der Waals surface area contributed by atoms with Gasteiger partial charge in [0.25, 0.3) is 0 Å². The Morgan fingerprint density at radius 3 is 2.00 bits per heavy atom. The van der Waals surface area contributed by atoms with E-state index in [9.17, 15) is 9.36 Å². The number of ether oxygens (including phenoxy) is 1. The number of esters is 1. The molecular formula is C9H19O5P. The highest BCUT2D eigenvalue weighted by atomic mass is 31.2. The zero-order valence-electron chi connectivity index (χ0n) is 9.90. The van der Waals surface area contributed by atoms with E-state index in [4.69, 9.17) is 13.8 Å². The van der Waals surface area contributed by atoms with Gasteiger partial charge in [0, 0.05) is 14.2 Å². The normalized spacial score (nSPS) is 12.6. The Balaban J connectivity index is 4.06. The lowest BCUT2D eigenvalue weighted by Crippen LogP contribution is -2.24. The van der Waals surface area contributed by atoms with Crippen LogP contribution in [0.3, 0.4) is 0 Å². The fourth-order valence-electron chi connectivity index (χ4n) is 0.878. The van der Waals surface area contributed by atoms with Crippen molar-refractivity contribution in [3.63, 3.8) is 0 Å². The van der Waals surface area contributed by atoms with E-state index in [-0.39, 0.29) is 12.6 Å². The Morgan fingerprint density at radius 2 is 1.67 bits per heavy atom. The van der Waals surface area contributed by atoms with E-state index in [2.05, 4.69) is 0 Å². The van der Waals surface area contributed by atoms with Crippen LogP contribution in [0, 0.1) is 0 Å². The summed E-state index contributed by atoms with van der Waals surface area (Å²) in [5.41, 5.74) is -0.527. The van der Waals surface area contributed by atoms with Gasteiger partial charge in [0.05, 0.1) is 12.6 Å². The van der Waals surface area contributed by atoms with Gasteiger partial charge in [-0.3, -0.25) is 9.36 Å². The van der Waals surface area contributed by atoms with Crippen molar-refractivity contribution in [2.75, 3.05) is 20.4 Å². The van der Waals surface area contributed by atoms with Gasteiger partial charge >= 0.3 is 13.6 Å². The lowest BCUT2D eigenvalue weighted by atomic mass is 10.2. The predicted octanol–water partition coefficient (Wildman–Crippen LogP) is 2.20. The van der Waals surface area contributed by atoms with Gasteiger partial charge in [-0.25, -0.2) is 0 Å². The van der Waals surface area contributed by atoms with Gasteiger partial charge in [-0.05, 0) is 20.8 Å². The topological polar surface area (TPSA) is 61.8 Å². The van der Waals surface area contributed by atoms with Gasteiger partial charge in [-0.2, -0.15) is 0 Å². The third-order valence-electron chi connectivity index (χ3n) is 1.57. The minimum Gasteiger partial charge on any atom is -0.460 e. The van der Waals surface area contributed by atoms with Crippen LogP contribution in [0.1, 0.15) is 27.2 Å². The molecule has 0 heterocycles. The summed E-state index contributed by atoms with van der Waals surface area (Å²) >= 11 is 0. The number of rotatable bonds is 5. The van der Waals surface area contributed by atoms with E-state index in [1.807, 2.05) is 0 Å². The third-order valence-corrected chi connectivity index (χ3v) is 3.45. The van der Waals surface area contributed by atoms with Gasteiger partial charge in [0.2, 0.25) is 0 Å². The van der Waals surface area contributed by atoms with Crippen LogP contribution in [0.5, 0.6) is 0 Å². The van der Waals surface area contributed by atoms with Crippen LogP contribution >= 0.6 is 7.60 Å². The highest BCUT2D eigenvalue weighted by molar-refractivity contribution is 7.53. The standard InChI is InChI=1S/C9H19O5P/c1-9(2,3)14-8(10)6-7-15(11,12-4)13-5/h6-7H2,1-5H3. The molecule has 0 aromatic rings. The molecule has 0 aliphatic rings. The second-order valence-corrected chi connectivity index (χ2v) is 6.44. The average molecular weight is 238 g/mol. The summed E-state index contributed by atoms with van der Waals surface area (Å²) < 4.78 is 26.0. The lowest BCUT2D eigenvalue weighted by Gasteiger charge is -2.20. The van der Waals surface area contributed by atoms with E-state index in [0.29, 0.717) is 0 Å². The minimum atomic E-state index is -3.10. The summed E-state index contributed by atoms with van der Waals surface area (Å²) in [5.74, 6) is -0.406. The van der Waals surface area contributed by atoms with Gasteiger partial charge in [0.15, 0.2) is 0 Å². The first-order valence-corrected chi connectivity index (χ1v) is 6.37. The molecular weight excluding hydrogens is 219 g/mol. The van der Waals surface area contributed by atoms with Crippen molar-refractivity contribution in [1.29, 1.82) is 0 Å². The van der Waals surface area contributed by atoms with Crippen LogP contribution in [-0.2, 0) is 23.1 Å². The molecule has 5 nitrogen and oxygen atoms in total. The molecule has 0 rings (SSSR count). The molecule has 0 amide bonds. The monoisotopic (exact) mass is 238 g/mol. The van der Waals surface area contributed by atoms with Crippen molar-refractivity contribution in [3.8, 4) is 0 Å². The first-order chi connectivity index (χ1) is 6.72. The maximum absolute atomic E-state index is 11.6. The minimum absolute atomic E-state index is 0.0240. The second kappa shape index (κ2) is 5.64. The summed E-state index contributed by atoms with van der Waals surface area (Å²) in [6, 6.07) is 0. The summed E-state index contributed by atoms with van der Waals surface area (Å²) in [4.78, 5) is 11.3. The highest BCUT2D eigenvalue weighted by Crippen LogP contribution is 2.46. The van der Waals surface area contributed by atoms with Crippen molar-refractivity contribution in [1.82, 2.24) is 0 Å². The van der Waals surface area contributed by atoms with Crippen molar-refractivity contribution in [3.05, 3.63) is 0 Å². The predicted molar refractivity (Wildman–Crippen MR) is 57.0 cm³/mol. The van der Waals surface area contributed by atoms with E-state index < -0.39 is 19.2 Å². The van der Waals surface area contributed by atoms with Crippen molar-refractivity contribution < 1.29 is 23.1 Å². The average Bonchev–Trinajstić information content (AvgIpc) is 2.12. The maximum Gasteiger partial charge on any atom is 0.330 e. The summed E-state index contributed by atoms with van der Waals surface area (Å²) in [6.07, 6.45) is 0.0607. The van der Waals surface area contributed by atoms with E-state index >= 15 is 0 Å². The Morgan fingerprint density at radius 1 is 1.20 bits per heavy atom. The van der Waals surface area contributed by atoms with Gasteiger partial charge in [-0.1, -0.05) is 0 Å². The molecule has 0 aromatic carbocycles. The number of carbonyl (C=O) groups excluding carboxylic acids is 1. The molecule has 0 bridgehead atoms. The zero-order chi connectivity index (χ0) is 12.1. The summed E-state index contributed by atoms with van der Waals surface area (Å²) in [5, 5.41) is 0. The van der Waals surface area contributed by atoms with Gasteiger partial charge in [0.1, 0.15) is 5.60 Å². The molecule has 90 valence electrons. The summed E-state index contributed by atoms with van der Waals surface area (Å²) in [6.45, 7) is 5.32. The SMILES string of the molecule is COP(=O)(CCC(=O)OC(C)(C)C)OC. The Hall–Kier alpha value is -0.380. The molecule has 0 aliphatic heterocycles. The van der Waals surface area contributed by atoms with Crippen molar-refractivity contribution in [2.24, 2.45) is 0 Å². The second-order valence-electron chi connectivity index (χ2n) is 4.04. The van der Waals surface area contributed by atoms with Crippen LogP contribution in [0.25, 0.3) is 0 Å². The Kier molecular flexibility index (Phi) is 5.49. The lowest BCUT2D eigenvalue weighted by molar-refractivity contribution is -0.154. The van der Waals surface area contributed by atoms with E-state index in [1.54, 1.807) is 20.8 Å². The fourth-order valence-corrected chi connectivity index (χ4v) is 1.85. The van der Waals surface area contributed by atoms with Crippen molar-refractivity contribution >= 4 is 13.6 Å². The fraction of sp³-hybridized carbons (Fsp3) is 0.889. The van der Waals surface area contributed by atoms with Gasteiger partial charge in [-0.15, -0.1) is 0 Å². The maximum atomic E-state index is 11.6. The van der Waals surface area contributed by atoms with Crippen LogP contribution < -0.4 is 0 Å². The molecule has 0 radical (unpaired) electrons. The Labute approximate surface area is 90.6 Å². The third kappa shape index (κ3) is 6.66. The molecule has 0 unspecified atom stereocenters. The van der Waals surface area contributed by atoms with Crippen molar-refractivity contribution in [2.45, 2.75) is 32.8 Å². The summed E-state index contributed by atoms with van der Waals surface area (Å²) in [7, 11) is -0.519. The molecule has 0 atom stereocenters. The highest BCUT2D eigenvalue weighted by Gasteiger charge is 2.24. The quantitative estimate of drug-likeness (QED) is 0.542. The first-order valence-electron chi connectivity index (χ1n) is 4.65. The number of carbonyl (C=O) groups is 1. The smallest absolute Gasteiger partial charge is 0.330 e. The van der Waals surface area contributed by atoms with Crippen LogP contribution in [0.2, 0.25) is 0 Å². The van der Waals surface area contributed by atoms with E-state index in [1.165, 1.54) is 14.2 Å². The van der Waals surface area contributed by atoms with Crippen LogP contribution in [0.15, 0.2) is 0 Å².